The Morgan fingerprint density at radius 3 is 2.95 bits per heavy atom. The Kier molecular flexibility index (Phi) is 3.60. The van der Waals surface area contributed by atoms with Gasteiger partial charge in [0.2, 0.25) is 0 Å². The van der Waals surface area contributed by atoms with Crippen LogP contribution in [-0.4, -0.2) is 48.0 Å². The van der Waals surface area contributed by atoms with E-state index in [1.807, 2.05) is 11.5 Å². The van der Waals surface area contributed by atoms with E-state index >= 15 is 0 Å². The van der Waals surface area contributed by atoms with Crippen molar-refractivity contribution in [1.29, 1.82) is 0 Å². The summed E-state index contributed by atoms with van der Waals surface area (Å²) in [5.74, 6) is 1.23. The van der Waals surface area contributed by atoms with Crippen molar-refractivity contribution < 1.29 is 8.42 Å². The molecule has 2 saturated heterocycles. The summed E-state index contributed by atoms with van der Waals surface area (Å²) in [5.41, 5.74) is 0. The van der Waals surface area contributed by atoms with Gasteiger partial charge >= 0.3 is 0 Å². The Morgan fingerprint density at radius 1 is 1.45 bits per heavy atom. The highest BCUT2D eigenvalue weighted by atomic mass is 32.2. The zero-order valence-electron chi connectivity index (χ0n) is 12.0. The van der Waals surface area contributed by atoms with Crippen molar-refractivity contribution in [2.45, 2.75) is 44.3 Å². The zero-order valence-corrected chi connectivity index (χ0v) is 12.9. The van der Waals surface area contributed by atoms with Gasteiger partial charge in [-0.25, -0.2) is 13.4 Å². The third kappa shape index (κ3) is 2.27. The Balaban J connectivity index is 1.83. The number of hydrogen-bond acceptors (Lipinski definition) is 4. The third-order valence-corrected chi connectivity index (χ3v) is 6.06. The predicted octanol–water partition coefficient (Wildman–Crippen LogP) is 0.584. The standard InChI is InChI=1S/C13H22N4O2S/c1-3-6-16-9-13(15-10(16)2)20(18,19)17-7-11-4-5-14-12(11)8-17/h9,11-12,14H,3-8H2,1-2H3/t11-,12+/m0/s1. The fourth-order valence-electron chi connectivity index (χ4n) is 3.21. The summed E-state index contributed by atoms with van der Waals surface area (Å²) in [6.45, 7) is 6.94. The van der Waals surface area contributed by atoms with Gasteiger partial charge in [0.05, 0.1) is 0 Å². The molecule has 7 heteroatoms. The topological polar surface area (TPSA) is 67.2 Å². The number of sulfonamides is 1. The first-order valence-electron chi connectivity index (χ1n) is 7.29. The molecule has 2 fully saturated rings. The molecule has 3 heterocycles. The van der Waals surface area contributed by atoms with Crippen LogP contribution < -0.4 is 5.32 Å². The van der Waals surface area contributed by atoms with Crippen LogP contribution in [0, 0.1) is 12.8 Å². The van der Waals surface area contributed by atoms with E-state index in [2.05, 4.69) is 17.2 Å². The summed E-state index contributed by atoms with van der Waals surface area (Å²) >= 11 is 0. The van der Waals surface area contributed by atoms with Crippen LogP contribution in [0.25, 0.3) is 0 Å². The fourth-order valence-corrected chi connectivity index (χ4v) is 4.73. The van der Waals surface area contributed by atoms with Crippen LogP contribution in [0.1, 0.15) is 25.6 Å². The van der Waals surface area contributed by atoms with Gasteiger partial charge in [0.15, 0.2) is 5.03 Å². The van der Waals surface area contributed by atoms with E-state index in [1.165, 1.54) is 0 Å². The highest BCUT2D eigenvalue weighted by Crippen LogP contribution is 2.29. The van der Waals surface area contributed by atoms with Gasteiger partial charge < -0.3 is 9.88 Å². The third-order valence-electron chi connectivity index (χ3n) is 4.35. The van der Waals surface area contributed by atoms with Gasteiger partial charge in [0, 0.05) is 31.9 Å². The summed E-state index contributed by atoms with van der Waals surface area (Å²) in [4.78, 5) is 4.25. The van der Waals surface area contributed by atoms with Gasteiger partial charge in [-0.1, -0.05) is 6.92 Å². The Hall–Kier alpha value is -0.920. The second-order valence-corrected chi connectivity index (χ2v) is 7.64. The highest BCUT2D eigenvalue weighted by molar-refractivity contribution is 7.89. The SMILES string of the molecule is CCCn1cc(S(=O)(=O)N2C[C@@H]3CCN[C@@H]3C2)nc1C. The average molecular weight is 298 g/mol. The van der Waals surface area contributed by atoms with Crippen LogP contribution in [0.4, 0.5) is 0 Å². The lowest BCUT2D eigenvalue weighted by Gasteiger charge is -2.15. The lowest BCUT2D eigenvalue weighted by molar-refractivity contribution is 0.446. The fraction of sp³-hybridized carbons (Fsp3) is 0.769. The molecule has 0 unspecified atom stereocenters. The number of nitrogens with one attached hydrogen (secondary N) is 1. The molecule has 3 rings (SSSR count). The first kappa shape index (κ1) is 14.0. The van der Waals surface area contributed by atoms with Gasteiger partial charge in [-0.15, -0.1) is 0 Å². The van der Waals surface area contributed by atoms with Crippen LogP contribution >= 0.6 is 0 Å². The number of hydrogen-bond donors (Lipinski definition) is 1. The van der Waals surface area contributed by atoms with Crippen molar-refractivity contribution in [2.24, 2.45) is 5.92 Å². The number of fused-ring (bicyclic) bond motifs is 1. The Bertz CT molecular complexity index is 584. The van der Waals surface area contributed by atoms with E-state index in [4.69, 9.17) is 0 Å². The molecule has 0 spiro atoms. The molecule has 1 aromatic rings. The molecular weight excluding hydrogens is 276 g/mol. The van der Waals surface area contributed by atoms with E-state index in [0.717, 1.165) is 31.8 Å². The summed E-state index contributed by atoms with van der Waals surface area (Å²) < 4.78 is 28.8. The molecule has 0 aromatic carbocycles. The Morgan fingerprint density at radius 2 is 2.25 bits per heavy atom. The second-order valence-electron chi connectivity index (χ2n) is 5.75. The molecule has 0 amide bonds. The van der Waals surface area contributed by atoms with Gasteiger partial charge in [0.1, 0.15) is 5.82 Å². The van der Waals surface area contributed by atoms with Crippen LogP contribution in [0.2, 0.25) is 0 Å². The van der Waals surface area contributed by atoms with Crippen molar-refractivity contribution >= 4 is 10.0 Å². The molecule has 112 valence electrons. The molecule has 1 aromatic heterocycles. The van der Waals surface area contributed by atoms with E-state index in [1.54, 1.807) is 10.5 Å². The summed E-state index contributed by atoms with van der Waals surface area (Å²) in [7, 11) is -3.44. The van der Waals surface area contributed by atoms with Crippen LogP contribution in [0.5, 0.6) is 0 Å². The highest BCUT2D eigenvalue weighted by Gasteiger charge is 2.42. The maximum atomic E-state index is 12.7. The molecule has 20 heavy (non-hydrogen) atoms. The lowest BCUT2D eigenvalue weighted by Crippen LogP contribution is -2.34. The molecule has 2 aliphatic rings. The van der Waals surface area contributed by atoms with Crippen molar-refractivity contribution in [3.8, 4) is 0 Å². The summed E-state index contributed by atoms with van der Waals surface area (Å²) in [6, 6.07) is 0.323. The van der Waals surface area contributed by atoms with E-state index in [0.29, 0.717) is 25.0 Å². The van der Waals surface area contributed by atoms with Crippen LogP contribution in [0.15, 0.2) is 11.2 Å². The number of aromatic nitrogens is 2. The first-order valence-corrected chi connectivity index (χ1v) is 8.73. The first-order chi connectivity index (χ1) is 9.52. The molecule has 1 N–H and O–H groups in total. The van der Waals surface area contributed by atoms with Gasteiger partial charge in [-0.2, -0.15) is 4.31 Å². The molecule has 2 atom stereocenters. The molecule has 0 saturated carbocycles. The number of nitrogens with zero attached hydrogens (tertiary/aromatic N) is 3. The zero-order chi connectivity index (χ0) is 14.3. The lowest BCUT2D eigenvalue weighted by atomic mass is 10.1. The molecule has 0 bridgehead atoms. The van der Waals surface area contributed by atoms with Gasteiger partial charge in [0.25, 0.3) is 10.0 Å². The van der Waals surface area contributed by atoms with E-state index < -0.39 is 10.0 Å². The molecule has 0 aliphatic carbocycles. The second kappa shape index (κ2) is 5.13. The normalized spacial score (nSPS) is 27.1. The smallest absolute Gasteiger partial charge is 0.262 e. The largest absolute Gasteiger partial charge is 0.334 e. The van der Waals surface area contributed by atoms with Crippen molar-refractivity contribution in [3.63, 3.8) is 0 Å². The maximum absolute atomic E-state index is 12.7. The molecule has 0 radical (unpaired) electrons. The number of aryl methyl sites for hydroxylation is 2. The van der Waals surface area contributed by atoms with Crippen LogP contribution in [-0.2, 0) is 16.6 Å². The van der Waals surface area contributed by atoms with Gasteiger partial charge in [-0.05, 0) is 32.2 Å². The van der Waals surface area contributed by atoms with Crippen LogP contribution in [0.3, 0.4) is 0 Å². The molecule has 2 aliphatic heterocycles. The number of rotatable bonds is 4. The van der Waals surface area contributed by atoms with Crippen molar-refractivity contribution in [3.05, 3.63) is 12.0 Å². The van der Waals surface area contributed by atoms with E-state index in [-0.39, 0.29) is 5.03 Å². The monoisotopic (exact) mass is 298 g/mol. The quantitative estimate of drug-likeness (QED) is 0.883. The van der Waals surface area contributed by atoms with Crippen molar-refractivity contribution in [1.82, 2.24) is 19.2 Å². The summed E-state index contributed by atoms with van der Waals surface area (Å²) in [5, 5.41) is 3.57. The van der Waals surface area contributed by atoms with E-state index in [9.17, 15) is 8.42 Å². The summed E-state index contributed by atoms with van der Waals surface area (Å²) in [6.07, 6.45) is 3.71. The Labute approximate surface area is 120 Å². The minimum absolute atomic E-state index is 0.198. The predicted molar refractivity (Wildman–Crippen MR) is 75.9 cm³/mol. The van der Waals surface area contributed by atoms with Gasteiger partial charge in [-0.3, -0.25) is 0 Å². The number of imidazole rings is 1. The minimum atomic E-state index is -3.44. The maximum Gasteiger partial charge on any atom is 0.262 e. The minimum Gasteiger partial charge on any atom is -0.334 e. The average Bonchev–Trinajstić information content (AvgIpc) is 3.04. The molecular formula is C13H22N4O2S. The van der Waals surface area contributed by atoms with Crippen molar-refractivity contribution in [2.75, 3.05) is 19.6 Å². The molecule has 6 nitrogen and oxygen atoms in total.